The lowest BCUT2D eigenvalue weighted by atomic mass is 10.1. The summed E-state index contributed by atoms with van der Waals surface area (Å²) < 4.78 is 5.14. The van der Waals surface area contributed by atoms with Crippen molar-refractivity contribution in [3.8, 4) is 0 Å². The number of methoxy groups -OCH3 is 1. The highest BCUT2D eigenvalue weighted by atomic mass is 32.2. The van der Waals surface area contributed by atoms with Crippen LogP contribution >= 0.6 is 11.8 Å². The lowest BCUT2D eigenvalue weighted by Gasteiger charge is -2.10. The number of thioether (sulfide) groups is 1. The monoisotopic (exact) mass is 359 g/mol. The molecule has 0 aromatic heterocycles. The SMILES string of the molecule is COCc1ccccc1C(=O)Nc1cccc(CSCCC(=O)O)c1. The van der Waals surface area contributed by atoms with Gasteiger partial charge >= 0.3 is 5.97 Å². The number of anilines is 1. The lowest BCUT2D eigenvalue weighted by Crippen LogP contribution is -2.14. The summed E-state index contributed by atoms with van der Waals surface area (Å²) in [6, 6.07) is 14.9. The minimum Gasteiger partial charge on any atom is -0.481 e. The molecule has 2 rings (SSSR count). The van der Waals surface area contributed by atoms with E-state index >= 15 is 0 Å². The van der Waals surface area contributed by atoms with Crippen LogP contribution in [-0.2, 0) is 21.9 Å². The zero-order valence-corrected chi connectivity index (χ0v) is 14.8. The number of hydrogen-bond acceptors (Lipinski definition) is 4. The van der Waals surface area contributed by atoms with E-state index < -0.39 is 5.97 Å². The lowest BCUT2D eigenvalue weighted by molar-refractivity contribution is -0.136. The van der Waals surface area contributed by atoms with Crippen molar-refractivity contribution in [3.63, 3.8) is 0 Å². The molecule has 0 heterocycles. The van der Waals surface area contributed by atoms with Gasteiger partial charge in [-0.3, -0.25) is 9.59 Å². The molecule has 132 valence electrons. The van der Waals surface area contributed by atoms with Gasteiger partial charge in [0, 0.05) is 29.9 Å². The van der Waals surface area contributed by atoms with Crippen LogP contribution in [-0.4, -0.2) is 29.8 Å². The van der Waals surface area contributed by atoms with Gasteiger partial charge in [0.15, 0.2) is 0 Å². The Bertz CT molecular complexity index is 733. The maximum absolute atomic E-state index is 12.5. The number of benzene rings is 2. The highest BCUT2D eigenvalue weighted by Crippen LogP contribution is 2.19. The summed E-state index contributed by atoms with van der Waals surface area (Å²) in [7, 11) is 1.60. The van der Waals surface area contributed by atoms with E-state index in [1.807, 2.05) is 42.5 Å². The summed E-state index contributed by atoms with van der Waals surface area (Å²) in [5.41, 5.74) is 3.18. The van der Waals surface area contributed by atoms with Gasteiger partial charge in [0.1, 0.15) is 0 Å². The van der Waals surface area contributed by atoms with E-state index in [0.29, 0.717) is 29.4 Å². The van der Waals surface area contributed by atoms with E-state index in [4.69, 9.17) is 9.84 Å². The number of carbonyl (C=O) groups is 2. The Morgan fingerprint density at radius 1 is 1.16 bits per heavy atom. The summed E-state index contributed by atoms with van der Waals surface area (Å²) in [5.74, 6) is 0.305. The third kappa shape index (κ3) is 6.25. The topological polar surface area (TPSA) is 75.6 Å². The second-order valence-corrected chi connectivity index (χ2v) is 6.55. The van der Waals surface area contributed by atoms with Crippen molar-refractivity contribution in [3.05, 3.63) is 65.2 Å². The largest absolute Gasteiger partial charge is 0.481 e. The van der Waals surface area contributed by atoms with Crippen LogP contribution in [0.2, 0.25) is 0 Å². The quantitative estimate of drug-likeness (QED) is 0.666. The van der Waals surface area contributed by atoms with Gasteiger partial charge in [-0.05, 0) is 29.3 Å². The zero-order chi connectivity index (χ0) is 18.1. The van der Waals surface area contributed by atoms with Crippen LogP contribution in [0.4, 0.5) is 5.69 Å². The third-order valence-corrected chi connectivity index (χ3v) is 4.51. The summed E-state index contributed by atoms with van der Waals surface area (Å²) in [6.07, 6.45) is 0.150. The van der Waals surface area contributed by atoms with Crippen LogP contribution in [0.5, 0.6) is 0 Å². The molecule has 0 saturated heterocycles. The van der Waals surface area contributed by atoms with Crippen molar-refractivity contribution in [1.29, 1.82) is 0 Å². The Hall–Kier alpha value is -2.31. The second kappa shape index (κ2) is 9.86. The van der Waals surface area contributed by atoms with E-state index in [-0.39, 0.29) is 12.3 Å². The predicted octanol–water partition coefficient (Wildman–Crippen LogP) is 3.79. The van der Waals surface area contributed by atoms with Crippen molar-refractivity contribution in [2.45, 2.75) is 18.8 Å². The van der Waals surface area contributed by atoms with Crippen LogP contribution < -0.4 is 5.32 Å². The fraction of sp³-hybridized carbons (Fsp3) is 0.263. The molecule has 1 amide bonds. The zero-order valence-electron chi connectivity index (χ0n) is 14.0. The van der Waals surface area contributed by atoms with Gasteiger partial charge in [-0.1, -0.05) is 30.3 Å². The molecule has 6 heteroatoms. The molecule has 0 spiro atoms. The molecule has 0 bridgehead atoms. The molecular weight excluding hydrogens is 338 g/mol. The van der Waals surface area contributed by atoms with Gasteiger partial charge in [-0.15, -0.1) is 0 Å². The van der Waals surface area contributed by atoms with Crippen molar-refractivity contribution < 1.29 is 19.4 Å². The minimum absolute atomic E-state index is 0.150. The van der Waals surface area contributed by atoms with Gasteiger partial charge < -0.3 is 15.2 Å². The summed E-state index contributed by atoms with van der Waals surface area (Å²) in [6.45, 7) is 0.379. The molecular formula is C19H21NO4S. The average Bonchev–Trinajstić information content (AvgIpc) is 2.60. The molecule has 0 unspecified atom stereocenters. The Labute approximate surface area is 151 Å². The highest BCUT2D eigenvalue weighted by molar-refractivity contribution is 7.98. The van der Waals surface area contributed by atoms with Gasteiger partial charge in [0.2, 0.25) is 0 Å². The Morgan fingerprint density at radius 3 is 2.72 bits per heavy atom. The van der Waals surface area contributed by atoms with Crippen molar-refractivity contribution in [2.24, 2.45) is 0 Å². The summed E-state index contributed by atoms with van der Waals surface area (Å²) >= 11 is 1.56. The van der Waals surface area contributed by atoms with E-state index in [0.717, 1.165) is 11.1 Å². The molecule has 0 atom stereocenters. The fourth-order valence-corrected chi connectivity index (χ4v) is 3.19. The molecule has 0 aliphatic carbocycles. The standard InChI is InChI=1S/C19H21NO4S/c1-24-12-15-6-2-3-8-17(15)19(23)20-16-7-4-5-14(11-16)13-25-10-9-18(21)22/h2-8,11H,9-10,12-13H2,1H3,(H,20,23)(H,21,22). The number of nitrogens with one attached hydrogen (secondary N) is 1. The first kappa shape index (κ1) is 19.0. The number of hydrogen-bond donors (Lipinski definition) is 2. The molecule has 0 radical (unpaired) electrons. The molecule has 0 fully saturated rings. The number of rotatable bonds is 9. The second-order valence-electron chi connectivity index (χ2n) is 5.44. The van der Waals surface area contributed by atoms with Gasteiger partial charge in [0.25, 0.3) is 5.91 Å². The van der Waals surface area contributed by atoms with Gasteiger partial charge in [-0.2, -0.15) is 11.8 Å². The average molecular weight is 359 g/mol. The maximum Gasteiger partial charge on any atom is 0.304 e. The van der Waals surface area contributed by atoms with Gasteiger partial charge in [0.05, 0.1) is 13.0 Å². The maximum atomic E-state index is 12.5. The summed E-state index contributed by atoms with van der Waals surface area (Å²) in [5, 5.41) is 11.6. The van der Waals surface area contributed by atoms with Crippen LogP contribution in [0, 0.1) is 0 Å². The molecule has 2 aromatic rings. The molecule has 0 aliphatic rings. The molecule has 0 saturated carbocycles. The molecule has 0 aliphatic heterocycles. The Balaban J connectivity index is 1.99. The van der Waals surface area contributed by atoms with E-state index in [2.05, 4.69) is 5.32 Å². The first-order valence-electron chi connectivity index (χ1n) is 7.87. The van der Waals surface area contributed by atoms with E-state index in [1.165, 1.54) is 0 Å². The Kier molecular flexibility index (Phi) is 7.50. The first-order chi connectivity index (χ1) is 12.1. The normalized spacial score (nSPS) is 10.4. The predicted molar refractivity (Wildman–Crippen MR) is 100.0 cm³/mol. The minimum atomic E-state index is -0.789. The smallest absolute Gasteiger partial charge is 0.304 e. The molecule has 25 heavy (non-hydrogen) atoms. The third-order valence-electron chi connectivity index (χ3n) is 3.48. The molecule has 2 N–H and O–H groups in total. The fourth-order valence-electron chi connectivity index (χ4n) is 2.31. The Morgan fingerprint density at radius 2 is 1.96 bits per heavy atom. The van der Waals surface area contributed by atoms with Crippen LogP contribution in [0.25, 0.3) is 0 Å². The number of carbonyl (C=O) groups excluding carboxylic acids is 1. The molecule has 5 nitrogen and oxygen atoms in total. The van der Waals surface area contributed by atoms with Crippen molar-refractivity contribution in [1.82, 2.24) is 0 Å². The van der Waals surface area contributed by atoms with Crippen LogP contribution in [0.15, 0.2) is 48.5 Å². The van der Waals surface area contributed by atoms with Crippen LogP contribution in [0.1, 0.15) is 27.9 Å². The number of carboxylic acids is 1. The summed E-state index contributed by atoms with van der Waals surface area (Å²) in [4.78, 5) is 23.0. The van der Waals surface area contributed by atoms with Gasteiger partial charge in [-0.25, -0.2) is 0 Å². The number of carboxylic acid groups (broad SMARTS) is 1. The number of aliphatic carboxylic acids is 1. The van der Waals surface area contributed by atoms with Crippen molar-refractivity contribution in [2.75, 3.05) is 18.2 Å². The van der Waals surface area contributed by atoms with Crippen molar-refractivity contribution >= 4 is 29.3 Å². The number of ether oxygens (including phenoxy) is 1. The van der Waals surface area contributed by atoms with Crippen LogP contribution in [0.3, 0.4) is 0 Å². The molecule has 2 aromatic carbocycles. The highest BCUT2D eigenvalue weighted by Gasteiger charge is 2.11. The van der Waals surface area contributed by atoms with E-state index in [9.17, 15) is 9.59 Å². The van der Waals surface area contributed by atoms with E-state index in [1.54, 1.807) is 24.9 Å². The number of amides is 1. The first-order valence-corrected chi connectivity index (χ1v) is 9.02.